The number of hydrogen-bond acceptors (Lipinski definition) is 3. The van der Waals surface area contributed by atoms with Crippen molar-refractivity contribution in [3.63, 3.8) is 0 Å². The van der Waals surface area contributed by atoms with Crippen molar-refractivity contribution in [2.75, 3.05) is 0 Å². The summed E-state index contributed by atoms with van der Waals surface area (Å²) in [4.78, 5) is 19.6. The Balaban J connectivity index is 2.82. The molecular formula is C9H7Br2NO3. The summed E-state index contributed by atoms with van der Waals surface area (Å²) < 4.78 is 0. The molecule has 0 heterocycles. The molecule has 80 valence electrons. The van der Waals surface area contributed by atoms with Gasteiger partial charge in [-0.15, -0.1) is 0 Å². The highest BCUT2D eigenvalue weighted by Gasteiger charge is 2.32. The van der Waals surface area contributed by atoms with Crippen LogP contribution in [-0.2, 0) is 0 Å². The first-order valence-electron chi connectivity index (χ1n) is 4.05. The summed E-state index contributed by atoms with van der Waals surface area (Å²) in [6.45, 7) is 0. The second-order valence-corrected chi connectivity index (χ2v) is 4.71. The maximum atomic E-state index is 11.7. The first-order chi connectivity index (χ1) is 7.04. The molecule has 2 atom stereocenters. The largest absolute Gasteiger partial charge is 0.293 e. The SMILES string of the molecule is O=C(c1ccccc1)C(Br)C(Br)[N+](=O)[O-]. The van der Waals surface area contributed by atoms with Crippen molar-refractivity contribution in [2.45, 2.75) is 9.78 Å². The molecule has 0 aromatic heterocycles. The first-order valence-corrected chi connectivity index (χ1v) is 5.88. The van der Waals surface area contributed by atoms with Gasteiger partial charge < -0.3 is 0 Å². The lowest BCUT2D eigenvalue weighted by atomic mass is 10.1. The van der Waals surface area contributed by atoms with E-state index < -0.39 is 14.7 Å². The van der Waals surface area contributed by atoms with Gasteiger partial charge >= 0.3 is 0 Å². The molecule has 0 aliphatic rings. The average Bonchev–Trinajstić information content (AvgIpc) is 2.27. The zero-order chi connectivity index (χ0) is 11.4. The number of nitrogens with zero attached hydrogens (tertiary/aromatic N) is 1. The summed E-state index contributed by atoms with van der Waals surface area (Å²) >= 11 is 5.85. The highest BCUT2D eigenvalue weighted by atomic mass is 79.9. The van der Waals surface area contributed by atoms with Crippen LogP contribution in [0.3, 0.4) is 0 Å². The third kappa shape index (κ3) is 3.10. The summed E-state index contributed by atoms with van der Waals surface area (Å²) in [7, 11) is 0. The quantitative estimate of drug-likeness (QED) is 0.279. The highest BCUT2D eigenvalue weighted by molar-refractivity contribution is 9.12. The van der Waals surface area contributed by atoms with Crippen molar-refractivity contribution in [3.05, 3.63) is 46.0 Å². The lowest BCUT2D eigenvalue weighted by molar-refractivity contribution is -0.489. The number of ketones is 1. The second-order valence-electron chi connectivity index (χ2n) is 2.79. The molecule has 2 unspecified atom stereocenters. The van der Waals surface area contributed by atoms with E-state index in [0.717, 1.165) is 0 Å². The van der Waals surface area contributed by atoms with Crippen molar-refractivity contribution >= 4 is 37.6 Å². The highest BCUT2D eigenvalue weighted by Crippen LogP contribution is 2.19. The van der Waals surface area contributed by atoms with E-state index in [0.29, 0.717) is 5.56 Å². The van der Waals surface area contributed by atoms with Gasteiger partial charge in [0.1, 0.15) is 0 Å². The molecule has 15 heavy (non-hydrogen) atoms. The monoisotopic (exact) mass is 335 g/mol. The van der Waals surface area contributed by atoms with E-state index in [1.807, 2.05) is 0 Å². The van der Waals surface area contributed by atoms with Crippen molar-refractivity contribution in [1.29, 1.82) is 0 Å². The Labute approximate surface area is 103 Å². The van der Waals surface area contributed by atoms with Crippen LogP contribution in [0.4, 0.5) is 0 Å². The van der Waals surface area contributed by atoms with Crippen LogP contribution in [0.2, 0.25) is 0 Å². The van der Waals surface area contributed by atoms with Gasteiger partial charge in [0.2, 0.25) is 0 Å². The number of Topliss-reactive ketones (excluding diaryl/α,β-unsaturated/α-hetero) is 1. The van der Waals surface area contributed by atoms with Gasteiger partial charge in [0.25, 0.3) is 4.95 Å². The molecule has 0 aliphatic carbocycles. The molecule has 4 nitrogen and oxygen atoms in total. The molecule has 0 amide bonds. The van der Waals surface area contributed by atoms with Crippen LogP contribution in [0, 0.1) is 10.1 Å². The number of nitro groups is 1. The molecule has 0 radical (unpaired) electrons. The molecular weight excluding hydrogens is 330 g/mol. The summed E-state index contributed by atoms with van der Waals surface area (Å²) in [5.41, 5.74) is 0.450. The molecule has 1 aromatic carbocycles. The topological polar surface area (TPSA) is 60.2 Å². The van der Waals surface area contributed by atoms with Crippen LogP contribution < -0.4 is 0 Å². The van der Waals surface area contributed by atoms with Crippen LogP contribution in [0.15, 0.2) is 30.3 Å². The fourth-order valence-electron chi connectivity index (χ4n) is 0.993. The molecule has 0 saturated carbocycles. The van der Waals surface area contributed by atoms with Crippen LogP contribution in [0.5, 0.6) is 0 Å². The summed E-state index contributed by atoms with van der Waals surface area (Å²) in [5, 5.41) is 10.5. The molecule has 0 saturated heterocycles. The van der Waals surface area contributed by atoms with Crippen molar-refractivity contribution < 1.29 is 9.72 Å². The van der Waals surface area contributed by atoms with E-state index in [4.69, 9.17) is 0 Å². The molecule has 1 rings (SSSR count). The van der Waals surface area contributed by atoms with Gasteiger partial charge in [0.15, 0.2) is 10.6 Å². The van der Waals surface area contributed by atoms with E-state index in [2.05, 4.69) is 31.9 Å². The van der Waals surface area contributed by atoms with Crippen LogP contribution in [0.1, 0.15) is 10.4 Å². The van der Waals surface area contributed by atoms with Crippen molar-refractivity contribution in [3.8, 4) is 0 Å². The number of rotatable bonds is 4. The summed E-state index contributed by atoms with van der Waals surface area (Å²) in [6, 6.07) is 8.44. The number of alkyl halides is 2. The van der Waals surface area contributed by atoms with Crippen LogP contribution in [-0.4, -0.2) is 20.5 Å². The van der Waals surface area contributed by atoms with Gasteiger partial charge in [-0.3, -0.25) is 14.9 Å². The van der Waals surface area contributed by atoms with Crippen molar-refractivity contribution in [2.24, 2.45) is 0 Å². The third-order valence-electron chi connectivity index (χ3n) is 1.75. The van der Waals surface area contributed by atoms with Gasteiger partial charge in [-0.2, -0.15) is 0 Å². The zero-order valence-electron chi connectivity index (χ0n) is 7.47. The van der Waals surface area contributed by atoms with E-state index in [1.54, 1.807) is 30.3 Å². The van der Waals surface area contributed by atoms with Gasteiger partial charge in [0.05, 0.1) is 0 Å². The fourth-order valence-corrected chi connectivity index (χ4v) is 1.69. The van der Waals surface area contributed by atoms with E-state index in [-0.39, 0.29) is 5.78 Å². The van der Waals surface area contributed by atoms with Gasteiger partial charge in [-0.25, -0.2) is 0 Å². The third-order valence-corrected chi connectivity index (χ3v) is 4.24. The predicted octanol–water partition coefficient (Wildman–Crippen LogP) is 2.63. The van der Waals surface area contributed by atoms with Crippen LogP contribution in [0.25, 0.3) is 0 Å². The number of carbonyl (C=O) groups is 1. The molecule has 0 aliphatic heterocycles. The van der Waals surface area contributed by atoms with E-state index >= 15 is 0 Å². The Hall–Kier alpha value is -0.750. The Bertz CT molecular complexity index is 369. The Morgan fingerprint density at radius 2 is 1.80 bits per heavy atom. The smallest absolute Gasteiger partial charge is 0.285 e. The van der Waals surface area contributed by atoms with Gasteiger partial charge in [0, 0.05) is 10.5 Å². The predicted molar refractivity (Wildman–Crippen MR) is 63.2 cm³/mol. The Morgan fingerprint density at radius 3 is 2.27 bits per heavy atom. The average molecular weight is 337 g/mol. The number of carbonyl (C=O) groups excluding carboxylic acids is 1. The zero-order valence-corrected chi connectivity index (χ0v) is 10.6. The molecule has 1 aromatic rings. The number of benzene rings is 1. The maximum Gasteiger partial charge on any atom is 0.285 e. The molecule has 0 spiro atoms. The fraction of sp³-hybridized carbons (Fsp3) is 0.222. The van der Waals surface area contributed by atoms with Crippen molar-refractivity contribution in [1.82, 2.24) is 0 Å². The lowest BCUT2D eigenvalue weighted by Crippen LogP contribution is -2.30. The normalized spacial score (nSPS) is 14.3. The summed E-state index contributed by atoms with van der Waals surface area (Å²) in [5.74, 6) is -0.311. The minimum Gasteiger partial charge on any atom is -0.293 e. The number of halogens is 2. The van der Waals surface area contributed by atoms with E-state index in [9.17, 15) is 14.9 Å². The van der Waals surface area contributed by atoms with E-state index in [1.165, 1.54) is 0 Å². The standard InChI is InChI=1S/C9H7Br2NO3/c10-7(9(11)12(14)15)8(13)6-4-2-1-3-5-6/h1-5,7,9H. The lowest BCUT2D eigenvalue weighted by Gasteiger charge is -2.08. The Morgan fingerprint density at radius 1 is 1.27 bits per heavy atom. The van der Waals surface area contributed by atoms with Gasteiger partial charge in [-0.05, 0) is 15.9 Å². The minimum atomic E-state index is -1.12. The molecule has 6 heteroatoms. The summed E-state index contributed by atoms with van der Waals surface area (Å²) in [6.07, 6.45) is 0. The minimum absolute atomic E-state index is 0.311. The number of hydrogen-bond donors (Lipinski definition) is 0. The molecule has 0 fully saturated rings. The molecule has 0 N–H and O–H groups in total. The molecule has 0 bridgehead atoms. The maximum absolute atomic E-state index is 11.7. The second kappa shape index (κ2) is 5.37. The Kier molecular flexibility index (Phi) is 4.41. The van der Waals surface area contributed by atoms with Gasteiger partial charge in [-0.1, -0.05) is 46.3 Å². The van der Waals surface area contributed by atoms with Crippen LogP contribution >= 0.6 is 31.9 Å². The first kappa shape index (κ1) is 12.3.